The van der Waals surface area contributed by atoms with Gasteiger partial charge in [0.15, 0.2) is 0 Å². The van der Waals surface area contributed by atoms with Gasteiger partial charge in [0.1, 0.15) is 6.33 Å². The van der Waals surface area contributed by atoms with Gasteiger partial charge >= 0.3 is 0 Å². The zero-order valence-corrected chi connectivity index (χ0v) is 12.3. The van der Waals surface area contributed by atoms with E-state index in [0.717, 1.165) is 28.0 Å². The average molecular weight is 310 g/mol. The Kier molecular flexibility index (Phi) is 4.08. The van der Waals surface area contributed by atoms with Crippen molar-refractivity contribution in [1.29, 1.82) is 0 Å². The Balaban J connectivity index is 2.26. The van der Waals surface area contributed by atoms with Gasteiger partial charge in [-0.25, -0.2) is 9.97 Å². The van der Waals surface area contributed by atoms with E-state index < -0.39 is 0 Å². The molecule has 5 nitrogen and oxygen atoms in total. The van der Waals surface area contributed by atoms with Crippen LogP contribution in [0.4, 0.5) is 0 Å². The van der Waals surface area contributed by atoms with E-state index in [-0.39, 0.29) is 6.04 Å². The summed E-state index contributed by atoms with van der Waals surface area (Å²) in [5.41, 5.74) is 3.15. The minimum absolute atomic E-state index is 0.152. The molecule has 2 heterocycles. The first-order chi connectivity index (χ1) is 8.63. The van der Waals surface area contributed by atoms with Crippen LogP contribution in [-0.2, 0) is 13.5 Å². The van der Waals surface area contributed by atoms with Crippen molar-refractivity contribution in [1.82, 2.24) is 25.1 Å². The second kappa shape index (κ2) is 5.58. The third-order valence-corrected chi connectivity index (χ3v) is 4.00. The summed E-state index contributed by atoms with van der Waals surface area (Å²) in [5, 5.41) is 7.68. The van der Waals surface area contributed by atoms with Gasteiger partial charge in [0, 0.05) is 19.7 Å². The second-order valence-corrected chi connectivity index (χ2v) is 4.94. The molecule has 96 valence electrons. The summed E-state index contributed by atoms with van der Waals surface area (Å²) in [7, 11) is 3.89. The molecule has 0 aliphatic heterocycles. The highest BCUT2D eigenvalue weighted by Crippen LogP contribution is 2.24. The Hall–Kier alpha value is -1.27. The SMILES string of the molecule is CNC(Cc1c(Br)c(C)nn1C)c1ccncn1. The standard InChI is InChI=1S/C12H16BrN5/c1-8-12(13)11(18(3)17-8)6-10(14-2)9-4-5-15-7-16-9/h4-5,7,10,14H,6H2,1-3H3. The number of aryl methyl sites for hydroxylation is 2. The van der Waals surface area contributed by atoms with Crippen LogP contribution in [0.15, 0.2) is 23.1 Å². The first-order valence-electron chi connectivity index (χ1n) is 5.74. The zero-order chi connectivity index (χ0) is 13.1. The van der Waals surface area contributed by atoms with E-state index in [1.165, 1.54) is 0 Å². The van der Waals surface area contributed by atoms with Crippen molar-refractivity contribution >= 4 is 15.9 Å². The van der Waals surface area contributed by atoms with Crippen LogP contribution in [0.1, 0.15) is 23.1 Å². The smallest absolute Gasteiger partial charge is 0.115 e. The number of halogens is 1. The van der Waals surface area contributed by atoms with Crippen LogP contribution < -0.4 is 5.32 Å². The molecule has 0 amide bonds. The summed E-state index contributed by atoms with van der Waals surface area (Å²) in [5.74, 6) is 0. The molecule has 2 aromatic heterocycles. The Morgan fingerprint density at radius 2 is 2.28 bits per heavy atom. The largest absolute Gasteiger partial charge is 0.311 e. The first kappa shape index (κ1) is 13.2. The number of nitrogens with one attached hydrogen (secondary N) is 1. The first-order valence-corrected chi connectivity index (χ1v) is 6.54. The maximum Gasteiger partial charge on any atom is 0.115 e. The summed E-state index contributed by atoms with van der Waals surface area (Å²) in [6, 6.07) is 2.08. The van der Waals surface area contributed by atoms with E-state index in [0.29, 0.717) is 0 Å². The molecule has 1 atom stereocenters. The summed E-state index contributed by atoms with van der Waals surface area (Å²) < 4.78 is 2.98. The van der Waals surface area contributed by atoms with Gasteiger partial charge < -0.3 is 5.32 Å². The number of hydrogen-bond acceptors (Lipinski definition) is 4. The molecule has 0 fully saturated rings. The van der Waals surface area contributed by atoms with Crippen molar-refractivity contribution < 1.29 is 0 Å². The van der Waals surface area contributed by atoms with E-state index in [2.05, 4.69) is 36.3 Å². The Morgan fingerprint density at radius 1 is 1.50 bits per heavy atom. The summed E-state index contributed by atoms with van der Waals surface area (Å²) in [6.45, 7) is 1.99. The van der Waals surface area contributed by atoms with Crippen LogP contribution >= 0.6 is 15.9 Å². The summed E-state index contributed by atoms with van der Waals surface area (Å²) in [6.07, 6.45) is 4.16. The van der Waals surface area contributed by atoms with E-state index in [1.54, 1.807) is 12.5 Å². The second-order valence-electron chi connectivity index (χ2n) is 4.15. The van der Waals surface area contributed by atoms with Gasteiger partial charge in [-0.3, -0.25) is 4.68 Å². The monoisotopic (exact) mass is 309 g/mol. The molecule has 18 heavy (non-hydrogen) atoms. The highest BCUT2D eigenvalue weighted by molar-refractivity contribution is 9.10. The van der Waals surface area contributed by atoms with Gasteiger partial charge in [-0.15, -0.1) is 0 Å². The molecule has 6 heteroatoms. The third kappa shape index (κ3) is 2.59. The number of nitrogens with zero attached hydrogens (tertiary/aromatic N) is 4. The Bertz CT molecular complexity index is 523. The number of rotatable bonds is 4. The van der Waals surface area contributed by atoms with E-state index in [9.17, 15) is 0 Å². The molecule has 0 aliphatic rings. The molecule has 0 aliphatic carbocycles. The molecule has 1 N–H and O–H groups in total. The molecule has 0 radical (unpaired) electrons. The van der Waals surface area contributed by atoms with E-state index in [1.807, 2.05) is 31.8 Å². The van der Waals surface area contributed by atoms with Crippen molar-refractivity contribution in [2.24, 2.45) is 7.05 Å². The van der Waals surface area contributed by atoms with E-state index in [4.69, 9.17) is 0 Å². The molecule has 0 aromatic carbocycles. The lowest BCUT2D eigenvalue weighted by atomic mass is 10.1. The highest BCUT2D eigenvalue weighted by atomic mass is 79.9. The predicted molar refractivity (Wildman–Crippen MR) is 73.2 cm³/mol. The van der Waals surface area contributed by atoms with Crippen molar-refractivity contribution in [3.63, 3.8) is 0 Å². The van der Waals surface area contributed by atoms with Crippen molar-refractivity contribution in [3.8, 4) is 0 Å². The molecule has 2 rings (SSSR count). The Labute approximate surface area is 115 Å². The normalized spacial score (nSPS) is 12.7. The van der Waals surface area contributed by atoms with Crippen molar-refractivity contribution in [3.05, 3.63) is 40.1 Å². The predicted octanol–water partition coefficient (Wildman–Crippen LogP) is 1.78. The lowest BCUT2D eigenvalue weighted by Gasteiger charge is -2.15. The van der Waals surface area contributed by atoms with Gasteiger partial charge in [-0.1, -0.05) is 0 Å². The van der Waals surface area contributed by atoms with Gasteiger partial charge in [0.05, 0.1) is 27.6 Å². The molecular weight excluding hydrogens is 294 g/mol. The third-order valence-electron chi connectivity index (χ3n) is 2.97. The van der Waals surface area contributed by atoms with E-state index >= 15 is 0 Å². The van der Waals surface area contributed by atoms with Gasteiger partial charge in [0.25, 0.3) is 0 Å². The molecule has 2 aromatic rings. The van der Waals surface area contributed by atoms with Gasteiger partial charge in [-0.2, -0.15) is 5.10 Å². The average Bonchev–Trinajstić information content (AvgIpc) is 2.62. The molecule has 0 bridgehead atoms. The van der Waals surface area contributed by atoms with Crippen LogP contribution in [0.25, 0.3) is 0 Å². The van der Waals surface area contributed by atoms with Crippen LogP contribution in [0.2, 0.25) is 0 Å². The maximum absolute atomic E-state index is 4.40. The molecular formula is C12H16BrN5. The van der Waals surface area contributed by atoms with Crippen LogP contribution in [0.3, 0.4) is 0 Å². The molecule has 0 saturated heterocycles. The highest BCUT2D eigenvalue weighted by Gasteiger charge is 2.17. The molecule has 0 spiro atoms. The summed E-state index contributed by atoms with van der Waals surface area (Å²) in [4.78, 5) is 8.24. The fourth-order valence-electron chi connectivity index (χ4n) is 1.96. The lowest BCUT2D eigenvalue weighted by Crippen LogP contribution is -2.21. The quantitative estimate of drug-likeness (QED) is 0.935. The summed E-state index contributed by atoms with van der Waals surface area (Å²) >= 11 is 3.59. The molecule has 1 unspecified atom stereocenters. The maximum atomic E-state index is 4.40. The zero-order valence-electron chi connectivity index (χ0n) is 10.7. The topological polar surface area (TPSA) is 55.6 Å². The van der Waals surface area contributed by atoms with Crippen LogP contribution in [-0.4, -0.2) is 26.8 Å². The minimum Gasteiger partial charge on any atom is -0.311 e. The fourth-order valence-corrected chi connectivity index (χ4v) is 2.45. The number of likely N-dealkylation sites (N-methyl/N-ethyl adjacent to an activating group) is 1. The van der Waals surface area contributed by atoms with Crippen LogP contribution in [0, 0.1) is 6.92 Å². The molecule has 0 saturated carbocycles. The van der Waals surface area contributed by atoms with Crippen molar-refractivity contribution in [2.75, 3.05) is 7.05 Å². The number of aromatic nitrogens is 4. The van der Waals surface area contributed by atoms with Gasteiger partial charge in [0.2, 0.25) is 0 Å². The van der Waals surface area contributed by atoms with Crippen LogP contribution in [0.5, 0.6) is 0 Å². The fraction of sp³-hybridized carbons (Fsp3) is 0.417. The minimum atomic E-state index is 0.152. The van der Waals surface area contributed by atoms with Crippen molar-refractivity contribution in [2.45, 2.75) is 19.4 Å². The number of hydrogen-bond donors (Lipinski definition) is 1. The lowest BCUT2D eigenvalue weighted by molar-refractivity contribution is 0.546. The Morgan fingerprint density at radius 3 is 2.78 bits per heavy atom. The van der Waals surface area contributed by atoms with Gasteiger partial charge in [-0.05, 0) is 36.0 Å².